The van der Waals surface area contributed by atoms with Crippen molar-refractivity contribution in [2.45, 2.75) is 24.7 Å². The van der Waals surface area contributed by atoms with Crippen LogP contribution >= 0.6 is 0 Å². The molecule has 0 aliphatic heterocycles. The summed E-state index contributed by atoms with van der Waals surface area (Å²) in [6.45, 7) is 1.82. The van der Waals surface area contributed by atoms with E-state index in [0.717, 1.165) is 4.31 Å². The van der Waals surface area contributed by atoms with Gasteiger partial charge in [0.1, 0.15) is 11.5 Å². The minimum absolute atomic E-state index is 0.0218. The molecule has 2 aromatic rings. The van der Waals surface area contributed by atoms with Gasteiger partial charge >= 0.3 is 0 Å². The molecular weight excluding hydrogens is 342 g/mol. The number of benzene rings is 2. The molecule has 134 valence electrons. The van der Waals surface area contributed by atoms with Crippen molar-refractivity contribution in [2.24, 2.45) is 0 Å². The van der Waals surface area contributed by atoms with Crippen molar-refractivity contribution in [2.75, 3.05) is 18.5 Å². The molecule has 0 saturated heterocycles. The standard InChI is InChI=1S/C18H21NO5S/c1-4-5-18(20)19(14-6-8-15(23-2)9-7-14)25(21,22)17-12-10-16(24-3)11-13-17/h6-13H,4-5H2,1-3H3. The molecule has 0 heterocycles. The number of carbonyl (C=O) groups is 1. The molecule has 0 fully saturated rings. The largest absolute Gasteiger partial charge is 0.497 e. The molecule has 0 spiro atoms. The average Bonchev–Trinajstić information content (AvgIpc) is 2.62. The van der Waals surface area contributed by atoms with Gasteiger partial charge in [0, 0.05) is 6.42 Å². The van der Waals surface area contributed by atoms with Gasteiger partial charge < -0.3 is 9.47 Å². The van der Waals surface area contributed by atoms with Gasteiger partial charge in [0.15, 0.2) is 0 Å². The lowest BCUT2D eigenvalue weighted by atomic mass is 10.2. The van der Waals surface area contributed by atoms with E-state index in [4.69, 9.17) is 9.47 Å². The number of sulfonamides is 1. The second-order valence-corrected chi connectivity index (χ2v) is 7.07. The summed E-state index contributed by atoms with van der Waals surface area (Å²) in [6.07, 6.45) is 0.672. The van der Waals surface area contributed by atoms with Crippen LogP contribution in [0.15, 0.2) is 53.4 Å². The van der Waals surface area contributed by atoms with E-state index in [9.17, 15) is 13.2 Å². The third kappa shape index (κ3) is 4.11. The van der Waals surface area contributed by atoms with Crippen LogP contribution in [0.5, 0.6) is 11.5 Å². The fourth-order valence-corrected chi connectivity index (χ4v) is 3.75. The zero-order chi connectivity index (χ0) is 18.4. The third-order valence-electron chi connectivity index (χ3n) is 3.59. The predicted molar refractivity (Wildman–Crippen MR) is 95.6 cm³/mol. The average molecular weight is 363 g/mol. The Morgan fingerprint density at radius 1 is 0.920 bits per heavy atom. The van der Waals surface area contributed by atoms with Gasteiger partial charge in [-0.05, 0) is 55.0 Å². The number of anilines is 1. The minimum atomic E-state index is -4.03. The second kappa shape index (κ2) is 8.02. The molecule has 0 radical (unpaired) electrons. The van der Waals surface area contributed by atoms with Gasteiger partial charge in [-0.2, -0.15) is 0 Å². The molecule has 0 N–H and O–H groups in total. The van der Waals surface area contributed by atoms with E-state index in [1.54, 1.807) is 36.4 Å². The maximum absolute atomic E-state index is 13.0. The summed E-state index contributed by atoms with van der Waals surface area (Å²) in [6, 6.07) is 12.3. The van der Waals surface area contributed by atoms with E-state index in [1.807, 2.05) is 6.92 Å². The molecule has 1 amide bonds. The van der Waals surface area contributed by atoms with E-state index in [0.29, 0.717) is 17.9 Å². The lowest BCUT2D eigenvalue weighted by Crippen LogP contribution is -2.36. The molecule has 0 bridgehead atoms. The molecule has 25 heavy (non-hydrogen) atoms. The number of amides is 1. The Labute approximate surface area is 148 Å². The zero-order valence-electron chi connectivity index (χ0n) is 14.4. The highest BCUT2D eigenvalue weighted by Gasteiger charge is 2.30. The van der Waals surface area contributed by atoms with E-state index in [2.05, 4.69) is 0 Å². The van der Waals surface area contributed by atoms with Crippen LogP contribution < -0.4 is 13.8 Å². The normalized spacial score (nSPS) is 11.0. The van der Waals surface area contributed by atoms with Crippen molar-refractivity contribution in [1.29, 1.82) is 0 Å². The summed E-state index contributed by atoms with van der Waals surface area (Å²) in [7, 11) is -1.02. The molecule has 0 aliphatic rings. The van der Waals surface area contributed by atoms with Crippen LogP contribution in [0.4, 0.5) is 5.69 Å². The van der Waals surface area contributed by atoms with Crippen molar-refractivity contribution < 1.29 is 22.7 Å². The highest BCUT2D eigenvalue weighted by atomic mass is 32.2. The molecule has 2 aromatic carbocycles. The highest BCUT2D eigenvalue weighted by molar-refractivity contribution is 7.93. The van der Waals surface area contributed by atoms with Crippen LogP contribution in [0.3, 0.4) is 0 Å². The number of carbonyl (C=O) groups excluding carboxylic acids is 1. The predicted octanol–water partition coefficient (Wildman–Crippen LogP) is 3.23. The van der Waals surface area contributed by atoms with Crippen LogP contribution in [0.2, 0.25) is 0 Å². The summed E-state index contributed by atoms with van der Waals surface area (Å²) in [5.41, 5.74) is 0.273. The Morgan fingerprint density at radius 2 is 1.40 bits per heavy atom. The Bertz CT molecular complexity index is 814. The Kier molecular flexibility index (Phi) is 6.03. The summed E-state index contributed by atoms with van der Waals surface area (Å²) >= 11 is 0. The monoisotopic (exact) mass is 363 g/mol. The molecule has 6 nitrogen and oxygen atoms in total. The lowest BCUT2D eigenvalue weighted by molar-refractivity contribution is -0.117. The minimum Gasteiger partial charge on any atom is -0.497 e. The van der Waals surface area contributed by atoms with Crippen molar-refractivity contribution in [1.82, 2.24) is 0 Å². The smallest absolute Gasteiger partial charge is 0.270 e. The van der Waals surface area contributed by atoms with E-state index < -0.39 is 15.9 Å². The van der Waals surface area contributed by atoms with E-state index >= 15 is 0 Å². The van der Waals surface area contributed by atoms with E-state index in [-0.39, 0.29) is 17.0 Å². The molecule has 0 unspecified atom stereocenters. The zero-order valence-corrected chi connectivity index (χ0v) is 15.2. The number of hydrogen-bond acceptors (Lipinski definition) is 5. The van der Waals surface area contributed by atoms with Crippen LogP contribution in [0, 0.1) is 0 Å². The van der Waals surface area contributed by atoms with Crippen LogP contribution in [0.25, 0.3) is 0 Å². The van der Waals surface area contributed by atoms with Gasteiger partial charge in [-0.25, -0.2) is 12.7 Å². The van der Waals surface area contributed by atoms with E-state index in [1.165, 1.54) is 26.4 Å². The van der Waals surface area contributed by atoms with Crippen molar-refractivity contribution in [3.8, 4) is 11.5 Å². The molecule has 0 aromatic heterocycles. The molecule has 0 saturated carbocycles. The van der Waals surface area contributed by atoms with Gasteiger partial charge in [0.25, 0.3) is 10.0 Å². The van der Waals surface area contributed by atoms with Gasteiger partial charge in [-0.1, -0.05) is 6.92 Å². The number of methoxy groups -OCH3 is 2. The van der Waals surface area contributed by atoms with Crippen LogP contribution in [0.1, 0.15) is 19.8 Å². The maximum Gasteiger partial charge on any atom is 0.270 e. The molecule has 0 aliphatic carbocycles. The van der Waals surface area contributed by atoms with Gasteiger partial charge in [0.05, 0.1) is 24.8 Å². The third-order valence-corrected chi connectivity index (χ3v) is 5.36. The number of nitrogens with zero attached hydrogens (tertiary/aromatic N) is 1. The topological polar surface area (TPSA) is 72.9 Å². The SMILES string of the molecule is CCCC(=O)N(c1ccc(OC)cc1)S(=O)(=O)c1ccc(OC)cc1. The first-order chi connectivity index (χ1) is 11.9. The number of rotatable bonds is 7. The quantitative estimate of drug-likeness (QED) is 0.755. The van der Waals surface area contributed by atoms with Gasteiger partial charge in [-0.15, -0.1) is 0 Å². The fourth-order valence-electron chi connectivity index (χ4n) is 2.30. The van der Waals surface area contributed by atoms with Crippen molar-refractivity contribution >= 4 is 21.6 Å². The number of ether oxygens (including phenoxy) is 2. The second-order valence-electron chi connectivity index (χ2n) is 5.29. The Hall–Kier alpha value is -2.54. The highest BCUT2D eigenvalue weighted by Crippen LogP contribution is 2.27. The molecular formula is C18H21NO5S. The summed E-state index contributed by atoms with van der Waals surface area (Å²) in [5.74, 6) is 0.631. The van der Waals surface area contributed by atoms with Crippen molar-refractivity contribution in [3.05, 3.63) is 48.5 Å². The Balaban J connectivity index is 2.50. The molecule has 7 heteroatoms. The summed E-state index contributed by atoms with van der Waals surface area (Å²) in [5, 5.41) is 0. The van der Waals surface area contributed by atoms with Gasteiger partial charge in [0.2, 0.25) is 5.91 Å². The maximum atomic E-state index is 13.0. The summed E-state index contributed by atoms with van der Waals surface area (Å²) in [4.78, 5) is 12.6. The van der Waals surface area contributed by atoms with Gasteiger partial charge in [-0.3, -0.25) is 4.79 Å². The first-order valence-electron chi connectivity index (χ1n) is 7.80. The fraction of sp³-hybridized carbons (Fsp3) is 0.278. The molecule has 0 atom stereocenters. The first-order valence-corrected chi connectivity index (χ1v) is 9.24. The molecule has 2 rings (SSSR count). The number of hydrogen-bond donors (Lipinski definition) is 0. The lowest BCUT2D eigenvalue weighted by Gasteiger charge is -2.23. The first kappa shape index (κ1) is 18.8. The van der Waals surface area contributed by atoms with Crippen LogP contribution in [-0.4, -0.2) is 28.5 Å². The Morgan fingerprint density at radius 3 is 1.84 bits per heavy atom. The van der Waals surface area contributed by atoms with Crippen molar-refractivity contribution in [3.63, 3.8) is 0 Å². The van der Waals surface area contributed by atoms with Crippen LogP contribution in [-0.2, 0) is 14.8 Å². The summed E-state index contributed by atoms with van der Waals surface area (Å²) < 4.78 is 37.1.